The Morgan fingerprint density at radius 2 is 1.97 bits per heavy atom. The number of hydrogen-bond donors (Lipinski definition) is 2. The molecule has 2 saturated heterocycles. The number of nitrogens with zero attached hydrogens (tertiary/aromatic N) is 3. The number of halogens is 1. The highest BCUT2D eigenvalue weighted by atomic mass is 127. The van der Waals surface area contributed by atoms with Gasteiger partial charge in [-0.25, -0.2) is 4.99 Å². The van der Waals surface area contributed by atoms with Crippen molar-refractivity contribution in [3.8, 4) is 5.75 Å². The molecule has 3 rings (SSSR count). The topological polar surface area (TPSA) is 78.4 Å². The minimum absolute atomic E-state index is 0. The van der Waals surface area contributed by atoms with Gasteiger partial charge in [0.25, 0.3) is 0 Å². The van der Waals surface area contributed by atoms with Gasteiger partial charge in [-0.3, -0.25) is 9.69 Å². The van der Waals surface area contributed by atoms with Crippen LogP contribution in [0.3, 0.4) is 0 Å². The number of hydrogen-bond acceptors (Lipinski definition) is 5. The molecule has 0 unspecified atom stereocenters. The summed E-state index contributed by atoms with van der Waals surface area (Å²) in [6.07, 6.45) is 2.66. The second-order valence-electron chi connectivity index (χ2n) is 8.43. The molecule has 0 saturated carbocycles. The minimum atomic E-state index is 0. The third kappa shape index (κ3) is 9.66. The second kappa shape index (κ2) is 15.3. The summed E-state index contributed by atoms with van der Waals surface area (Å²) in [6.45, 7) is 10.6. The van der Waals surface area contributed by atoms with Gasteiger partial charge in [0, 0.05) is 52.7 Å². The summed E-state index contributed by atoms with van der Waals surface area (Å²) in [5.41, 5.74) is 1.14. The smallest absolute Gasteiger partial charge is 0.220 e. The lowest BCUT2D eigenvalue weighted by Gasteiger charge is -2.34. The van der Waals surface area contributed by atoms with Gasteiger partial charge >= 0.3 is 0 Å². The van der Waals surface area contributed by atoms with E-state index in [4.69, 9.17) is 14.5 Å². The van der Waals surface area contributed by atoms with E-state index in [0.717, 1.165) is 82.6 Å². The monoisotopic (exact) mass is 573 g/mol. The lowest BCUT2D eigenvalue weighted by atomic mass is 9.93. The van der Waals surface area contributed by atoms with Crippen LogP contribution in [-0.4, -0.2) is 87.8 Å². The number of benzene rings is 1. The largest absolute Gasteiger partial charge is 0.492 e. The molecule has 2 fully saturated rings. The number of morpholine rings is 1. The summed E-state index contributed by atoms with van der Waals surface area (Å²) < 4.78 is 11.4. The first-order chi connectivity index (χ1) is 15.7. The fraction of sp³-hybridized carbons (Fsp3) is 0.667. The number of likely N-dealkylation sites (tertiary alicyclic amines) is 1. The molecule has 2 N–H and O–H groups in total. The summed E-state index contributed by atoms with van der Waals surface area (Å²) >= 11 is 0. The summed E-state index contributed by atoms with van der Waals surface area (Å²) in [5.74, 6) is 2.44. The minimum Gasteiger partial charge on any atom is -0.492 e. The number of nitrogens with one attached hydrogen (secondary N) is 2. The van der Waals surface area contributed by atoms with Crippen molar-refractivity contribution in [3.05, 3.63) is 29.8 Å². The van der Waals surface area contributed by atoms with Crippen LogP contribution in [0, 0.1) is 5.92 Å². The van der Waals surface area contributed by atoms with E-state index in [1.807, 2.05) is 12.1 Å². The first kappa shape index (κ1) is 27.7. The maximum atomic E-state index is 11.7. The molecule has 1 aromatic carbocycles. The number of carbonyl (C=O) groups excluding carboxylic acids is 1. The molecule has 1 amide bonds. The standard InChI is InChI=1S/C24H39N5O3.HI/c1-3-26-24(29-9-7-20(8-10-29)18-23(30)25-2)27-19-21-5-4-6-22(17-21)32-16-13-28-11-14-31-15-12-28;/h4-6,17,20H,3,7-16,18-19H2,1-2H3,(H,25,30)(H,26,27);1H. The third-order valence-corrected chi connectivity index (χ3v) is 6.09. The Hall–Kier alpha value is -1.59. The number of rotatable bonds is 9. The SMILES string of the molecule is CCNC(=NCc1cccc(OCCN2CCOCC2)c1)N1CCC(CC(=O)NC)CC1.I. The van der Waals surface area contributed by atoms with Crippen molar-refractivity contribution < 1.29 is 14.3 Å². The van der Waals surface area contributed by atoms with Crippen LogP contribution in [0.5, 0.6) is 5.75 Å². The van der Waals surface area contributed by atoms with E-state index in [9.17, 15) is 4.79 Å². The summed E-state index contributed by atoms with van der Waals surface area (Å²) in [6, 6.07) is 8.22. The number of amides is 1. The van der Waals surface area contributed by atoms with Crippen LogP contribution >= 0.6 is 24.0 Å². The summed E-state index contributed by atoms with van der Waals surface area (Å²) in [5, 5.41) is 6.16. The van der Waals surface area contributed by atoms with E-state index < -0.39 is 0 Å². The Balaban J connectivity index is 0.00000385. The van der Waals surface area contributed by atoms with Crippen molar-refractivity contribution in [2.45, 2.75) is 32.7 Å². The lowest BCUT2D eigenvalue weighted by molar-refractivity contribution is -0.121. The van der Waals surface area contributed by atoms with Gasteiger partial charge in [0.1, 0.15) is 12.4 Å². The second-order valence-corrected chi connectivity index (χ2v) is 8.43. The Kier molecular flexibility index (Phi) is 12.9. The van der Waals surface area contributed by atoms with Crippen LogP contribution in [0.25, 0.3) is 0 Å². The molecule has 9 heteroatoms. The summed E-state index contributed by atoms with van der Waals surface area (Å²) in [4.78, 5) is 21.2. The molecular weight excluding hydrogens is 533 g/mol. The number of piperidine rings is 1. The van der Waals surface area contributed by atoms with Crippen LogP contribution < -0.4 is 15.4 Å². The molecule has 2 aliphatic heterocycles. The molecule has 8 nitrogen and oxygen atoms in total. The predicted molar refractivity (Wildman–Crippen MR) is 142 cm³/mol. The first-order valence-corrected chi connectivity index (χ1v) is 11.9. The van der Waals surface area contributed by atoms with E-state index in [1.54, 1.807) is 7.05 Å². The molecule has 0 spiro atoms. The first-order valence-electron chi connectivity index (χ1n) is 11.9. The van der Waals surface area contributed by atoms with Crippen molar-refractivity contribution in [3.63, 3.8) is 0 Å². The number of ether oxygens (including phenoxy) is 2. The maximum Gasteiger partial charge on any atom is 0.220 e. The van der Waals surface area contributed by atoms with Crippen molar-refractivity contribution in [1.29, 1.82) is 0 Å². The van der Waals surface area contributed by atoms with Gasteiger partial charge in [-0.2, -0.15) is 0 Å². The quantitative estimate of drug-likeness (QED) is 0.269. The molecule has 0 bridgehead atoms. The van der Waals surface area contributed by atoms with Gasteiger partial charge in [0.15, 0.2) is 5.96 Å². The highest BCUT2D eigenvalue weighted by molar-refractivity contribution is 14.0. The molecule has 186 valence electrons. The predicted octanol–water partition coefficient (Wildman–Crippen LogP) is 2.33. The number of aliphatic imine (C=N–C) groups is 1. The third-order valence-electron chi connectivity index (χ3n) is 6.09. The van der Waals surface area contributed by atoms with Crippen molar-refractivity contribution in [2.75, 3.05) is 66.1 Å². The molecule has 0 radical (unpaired) electrons. The van der Waals surface area contributed by atoms with Crippen LogP contribution in [-0.2, 0) is 16.1 Å². The molecule has 2 heterocycles. The van der Waals surface area contributed by atoms with E-state index in [2.05, 4.69) is 39.5 Å². The van der Waals surface area contributed by atoms with Gasteiger partial charge in [-0.05, 0) is 43.4 Å². The van der Waals surface area contributed by atoms with Crippen molar-refractivity contribution in [1.82, 2.24) is 20.4 Å². The highest BCUT2D eigenvalue weighted by Gasteiger charge is 2.23. The van der Waals surface area contributed by atoms with E-state index in [-0.39, 0.29) is 29.9 Å². The van der Waals surface area contributed by atoms with Crippen LogP contribution in [0.1, 0.15) is 31.7 Å². The Morgan fingerprint density at radius 1 is 1.21 bits per heavy atom. The van der Waals surface area contributed by atoms with Crippen LogP contribution in [0.2, 0.25) is 0 Å². The zero-order valence-electron chi connectivity index (χ0n) is 20.1. The van der Waals surface area contributed by atoms with E-state index >= 15 is 0 Å². The molecule has 33 heavy (non-hydrogen) atoms. The average molecular weight is 574 g/mol. The van der Waals surface area contributed by atoms with Crippen LogP contribution in [0.4, 0.5) is 0 Å². The number of carbonyl (C=O) groups is 1. The number of guanidine groups is 1. The zero-order chi connectivity index (χ0) is 22.6. The van der Waals surface area contributed by atoms with Gasteiger partial charge in [-0.15, -0.1) is 24.0 Å². The molecule has 0 atom stereocenters. The normalized spacial score (nSPS) is 17.9. The Morgan fingerprint density at radius 3 is 2.67 bits per heavy atom. The van der Waals surface area contributed by atoms with Crippen LogP contribution in [0.15, 0.2) is 29.3 Å². The Labute approximate surface area is 215 Å². The highest BCUT2D eigenvalue weighted by Crippen LogP contribution is 2.21. The molecule has 2 aliphatic rings. The maximum absolute atomic E-state index is 11.7. The molecule has 1 aromatic rings. The fourth-order valence-corrected chi connectivity index (χ4v) is 4.16. The molecule has 0 aromatic heterocycles. The van der Waals surface area contributed by atoms with Gasteiger partial charge < -0.3 is 25.0 Å². The molecular formula is C24H40IN5O3. The van der Waals surface area contributed by atoms with Gasteiger partial charge in [-0.1, -0.05) is 12.1 Å². The van der Waals surface area contributed by atoms with Crippen molar-refractivity contribution in [2.24, 2.45) is 10.9 Å². The van der Waals surface area contributed by atoms with E-state index in [0.29, 0.717) is 25.5 Å². The Bertz CT molecular complexity index is 735. The van der Waals surface area contributed by atoms with Gasteiger partial charge in [0.2, 0.25) is 5.91 Å². The average Bonchev–Trinajstić information content (AvgIpc) is 2.83. The molecule has 0 aliphatic carbocycles. The lowest BCUT2D eigenvalue weighted by Crippen LogP contribution is -2.46. The van der Waals surface area contributed by atoms with E-state index in [1.165, 1.54) is 0 Å². The fourth-order valence-electron chi connectivity index (χ4n) is 4.16. The zero-order valence-corrected chi connectivity index (χ0v) is 22.4. The van der Waals surface area contributed by atoms with Gasteiger partial charge in [0.05, 0.1) is 19.8 Å². The summed E-state index contributed by atoms with van der Waals surface area (Å²) in [7, 11) is 1.71. The van der Waals surface area contributed by atoms with Crippen molar-refractivity contribution >= 4 is 35.8 Å².